The summed E-state index contributed by atoms with van der Waals surface area (Å²) in [5.41, 5.74) is 0.971. The highest BCUT2D eigenvalue weighted by Crippen LogP contribution is 2.50. The maximum Gasteiger partial charge on any atom is 0.296 e. The number of rotatable bonds is 5. The summed E-state index contributed by atoms with van der Waals surface area (Å²) in [6.45, 7) is 3.42. The minimum absolute atomic E-state index is 0.0578. The van der Waals surface area contributed by atoms with Crippen LogP contribution in [0, 0.1) is 18.3 Å². The van der Waals surface area contributed by atoms with E-state index in [-0.39, 0.29) is 16.9 Å². The Labute approximate surface area is 113 Å². The molecule has 0 aromatic heterocycles. The highest BCUT2D eigenvalue weighted by Gasteiger charge is 2.51. The molecule has 2 aliphatic rings. The zero-order valence-corrected chi connectivity index (χ0v) is 11.8. The summed E-state index contributed by atoms with van der Waals surface area (Å²) in [7, 11) is -3.65. The molecule has 1 aliphatic carbocycles. The second kappa shape index (κ2) is 4.58. The van der Waals surface area contributed by atoms with Crippen molar-refractivity contribution in [3.63, 3.8) is 0 Å². The number of benzene rings is 1. The van der Waals surface area contributed by atoms with Crippen LogP contribution < -0.4 is 0 Å². The van der Waals surface area contributed by atoms with E-state index < -0.39 is 10.1 Å². The van der Waals surface area contributed by atoms with Gasteiger partial charge in [-0.1, -0.05) is 17.7 Å². The van der Waals surface area contributed by atoms with Crippen molar-refractivity contribution in [2.75, 3.05) is 19.8 Å². The van der Waals surface area contributed by atoms with Crippen molar-refractivity contribution in [2.24, 2.45) is 11.3 Å². The quantitative estimate of drug-likeness (QED) is 0.776. The lowest BCUT2D eigenvalue weighted by atomic mass is 9.82. The summed E-state index contributed by atoms with van der Waals surface area (Å²) in [6.07, 6.45) is 2.33. The molecule has 104 valence electrons. The second-order valence-electron chi connectivity index (χ2n) is 5.66. The van der Waals surface area contributed by atoms with E-state index in [1.165, 1.54) is 0 Å². The topological polar surface area (TPSA) is 52.6 Å². The molecular formula is C14H18O4S. The van der Waals surface area contributed by atoms with Crippen LogP contribution >= 0.6 is 0 Å². The summed E-state index contributed by atoms with van der Waals surface area (Å²) < 4.78 is 34.7. The number of aryl methyl sites for hydroxylation is 1. The minimum atomic E-state index is -3.65. The van der Waals surface area contributed by atoms with Crippen LogP contribution in [0.15, 0.2) is 29.2 Å². The van der Waals surface area contributed by atoms with Crippen molar-refractivity contribution >= 4 is 10.1 Å². The van der Waals surface area contributed by atoms with Crippen LogP contribution in [0.4, 0.5) is 0 Å². The molecule has 2 fully saturated rings. The molecule has 1 aliphatic heterocycles. The third kappa shape index (κ3) is 2.55. The Morgan fingerprint density at radius 2 is 1.89 bits per heavy atom. The zero-order chi connectivity index (χ0) is 13.5. The number of hydrogen-bond acceptors (Lipinski definition) is 4. The smallest absolute Gasteiger partial charge is 0.296 e. The molecule has 1 heterocycles. The summed E-state index contributed by atoms with van der Waals surface area (Å²) in [6, 6.07) is 6.73. The minimum Gasteiger partial charge on any atom is -0.380 e. The summed E-state index contributed by atoms with van der Waals surface area (Å²) in [5.74, 6) is 0.578. The molecule has 1 aromatic rings. The van der Waals surface area contributed by atoms with E-state index in [1.54, 1.807) is 24.3 Å². The standard InChI is InChI=1S/C14H18O4S/c1-11-2-6-13(7-3-11)19(15,16)18-10-14(8-17-9-14)12-4-5-12/h2-3,6-7,12H,4-5,8-10H2,1H3. The fourth-order valence-corrected chi connectivity index (χ4v) is 3.46. The van der Waals surface area contributed by atoms with Crippen LogP contribution in [-0.2, 0) is 19.0 Å². The Morgan fingerprint density at radius 3 is 2.37 bits per heavy atom. The van der Waals surface area contributed by atoms with E-state index in [1.807, 2.05) is 6.92 Å². The van der Waals surface area contributed by atoms with Gasteiger partial charge in [0.2, 0.25) is 0 Å². The van der Waals surface area contributed by atoms with Crippen molar-refractivity contribution in [3.05, 3.63) is 29.8 Å². The van der Waals surface area contributed by atoms with Gasteiger partial charge in [-0.25, -0.2) is 0 Å². The Bertz CT molecular complexity index is 554. The van der Waals surface area contributed by atoms with E-state index in [0.29, 0.717) is 19.1 Å². The van der Waals surface area contributed by atoms with Crippen molar-refractivity contribution in [3.8, 4) is 0 Å². The molecular weight excluding hydrogens is 264 g/mol. The molecule has 0 radical (unpaired) electrons. The predicted molar refractivity (Wildman–Crippen MR) is 70.3 cm³/mol. The summed E-state index contributed by atoms with van der Waals surface area (Å²) in [5, 5.41) is 0. The highest BCUT2D eigenvalue weighted by atomic mass is 32.2. The molecule has 0 unspecified atom stereocenters. The Morgan fingerprint density at radius 1 is 1.26 bits per heavy atom. The van der Waals surface area contributed by atoms with Gasteiger partial charge in [-0.15, -0.1) is 0 Å². The zero-order valence-electron chi connectivity index (χ0n) is 11.0. The van der Waals surface area contributed by atoms with Gasteiger partial charge in [-0.05, 0) is 37.8 Å². The summed E-state index contributed by atoms with van der Waals surface area (Å²) >= 11 is 0. The molecule has 0 amide bonds. The Kier molecular flexibility index (Phi) is 3.15. The van der Waals surface area contributed by atoms with Gasteiger partial charge in [-0.3, -0.25) is 4.18 Å². The van der Waals surface area contributed by atoms with Crippen LogP contribution in [0.25, 0.3) is 0 Å². The maximum atomic E-state index is 12.1. The van der Waals surface area contributed by atoms with Crippen LogP contribution in [0.2, 0.25) is 0 Å². The van der Waals surface area contributed by atoms with Gasteiger partial charge in [0.25, 0.3) is 10.1 Å². The van der Waals surface area contributed by atoms with Crippen molar-refractivity contribution in [2.45, 2.75) is 24.7 Å². The molecule has 3 rings (SSSR count). The lowest BCUT2D eigenvalue weighted by molar-refractivity contribution is -0.143. The molecule has 5 heteroatoms. The molecule has 0 N–H and O–H groups in total. The van der Waals surface area contributed by atoms with Gasteiger partial charge in [-0.2, -0.15) is 8.42 Å². The first kappa shape index (κ1) is 13.1. The SMILES string of the molecule is Cc1ccc(S(=O)(=O)OCC2(C3CC3)COC2)cc1. The van der Waals surface area contributed by atoms with Gasteiger partial charge in [0.05, 0.1) is 24.7 Å². The lowest BCUT2D eigenvalue weighted by Gasteiger charge is -2.41. The largest absolute Gasteiger partial charge is 0.380 e. The van der Waals surface area contributed by atoms with Crippen LogP contribution in [-0.4, -0.2) is 28.2 Å². The van der Waals surface area contributed by atoms with Gasteiger partial charge in [0, 0.05) is 5.41 Å². The first-order chi connectivity index (χ1) is 9.02. The normalized spacial score (nSPS) is 21.9. The fraction of sp³-hybridized carbons (Fsp3) is 0.571. The average molecular weight is 282 g/mol. The molecule has 4 nitrogen and oxygen atoms in total. The van der Waals surface area contributed by atoms with Gasteiger partial charge >= 0.3 is 0 Å². The molecule has 1 aromatic carbocycles. The number of hydrogen-bond donors (Lipinski definition) is 0. The number of ether oxygens (including phenoxy) is 1. The lowest BCUT2D eigenvalue weighted by Crippen LogP contribution is -2.48. The van der Waals surface area contributed by atoms with E-state index in [0.717, 1.165) is 18.4 Å². The summed E-state index contributed by atoms with van der Waals surface area (Å²) in [4.78, 5) is 0.226. The van der Waals surface area contributed by atoms with Gasteiger partial charge < -0.3 is 4.74 Å². The highest BCUT2D eigenvalue weighted by molar-refractivity contribution is 7.86. The predicted octanol–water partition coefficient (Wildman–Crippen LogP) is 2.13. The Balaban J connectivity index is 1.70. The molecule has 0 bridgehead atoms. The van der Waals surface area contributed by atoms with E-state index >= 15 is 0 Å². The fourth-order valence-electron chi connectivity index (χ4n) is 2.46. The maximum absolute atomic E-state index is 12.1. The Hall–Kier alpha value is -0.910. The molecule has 0 spiro atoms. The van der Waals surface area contributed by atoms with Crippen LogP contribution in [0.5, 0.6) is 0 Å². The molecule has 1 saturated carbocycles. The molecule has 19 heavy (non-hydrogen) atoms. The average Bonchev–Trinajstić information content (AvgIpc) is 3.13. The van der Waals surface area contributed by atoms with E-state index in [4.69, 9.17) is 8.92 Å². The molecule has 0 atom stereocenters. The first-order valence-electron chi connectivity index (χ1n) is 6.56. The monoisotopic (exact) mass is 282 g/mol. The van der Waals surface area contributed by atoms with Crippen molar-refractivity contribution < 1.29 is 17.3 Å². The van der Waals surface area contributed by atoms with Gasteiger partial charge in [0.15, 0.2) is 0 Å². The van der Waals surface area contributed by atoms with Gasteiger partial charge in [0.1, 0.15) is 0 Å². The van der Waals surface area contributed by atoms with Crippen LogP contribution in [0.1, 0.15) is 18.4 Å². The van der Waals surface area contributed by atoms with Crippen molar-refractivity contribution in [1.82, 2.24) is 0 Å². The first-order valence-corrected chi connectivity index (χ1v) is 7.97. The third-order valence-electron chi connectivity index (χ3n) is 4.03. The molecule has 1 saturated heterocycles. The van der Waals surface area contributed by atoms with Crippen molar-refractivity contribution in [1.29, 1.82) is 0 Å². The van der Waals surface area contributed by atoms with Crippen LogP contribution in [0.3, 0.4) is 0 Å². The van der Waals surface area contributed by atoms with E-state index in [2.05, 4.69) is 0 Å². The third-order valence-corrected chi connectivity index (χ3v) is 5.31. The second-order valence-corrected chi connectivity index (χ2v) is 7.27. The van der Waals surface area contributed by atoms with E-state index in [9.17, 15) is 8.42 Å².